The molecule has 0 saturated carbocycles. The van der Waals surface area contributed by atoms with E-state index >= 15 is 0 Å². The summed E-state index contributed by atoms with van der Waals surface area (Å²) in [5.74, 6) is -1.71. The van der Waals surface area contributed by atoms with Crippen molar-refractivity contribution in [3.8, 4) is 0 Å². The van der Waals surface area contributed by atoms with Crippen LogP contribution in [0.2, 0.25) is 0 Å². The summed E-state index contributed by atoms with van der Waals surface area (Å²) in [6.45, 7) is 2.85. The minimum absolute atomic E-state index is 0.0972. The summed E-state index contributed by atoms with van der Waals surface area (Å²) in [6.07, 6.45) is 0.343. The van der Waals surface area contributed by atoms with Gasteiger partial charge in [0.2, 0.25) is 5.91 Å². The molecule has 2 unspecified atom stereocenters. The molecule has 1 aromatic rings. The van der Waals surface area contributed by atoms with Crippen molar-refractivity contribution >= 4 is 27.8 Å². The van der Waals surface area contributed by atoms with Crippen LogP contribution in [0.4, 0.5) is 4.39 Å². The summed E-state index contributed by atoms with van der Waals surface area (Å²) in [4.78, 5) is 25.2. The number of amides is 1. The summed E-state index contributed by atoms with van der Waals surface area (Å²) in [7, 11) is 0. The SMILES string of the molecule is CC(Cc1ccc(F)c(Br)c1)C(=O)N1CCOCC1CC(=O)O. The van der Waals surface area contributed by atoms with Crippen molar-refractivity contribution in [3.63, 3.8) is 0 Å². The van der Waals surface area contributed by atoms with Gasteiger partial charge in [0.15, 0.2) is 0 Å². The van der Waals surface area contributed by atoms with E-state index in [1.54, 1.807) is 24.0 Å². The molecular weight excluding hydrogens is 369 g/mol. The van der Waals surface area contributed by atoms with Crippen LogP contribution < -0.4 is 0 Å². The van der Waals surface area contributed by atoms with Crippen molar-refractivity contribution in [3.05, 3.63) is 34.1 Å². The molecule has 126 valence electrons. The summed E-state index contributed by atoms with van der Waals surface area (Å²) >= 11 is 3.13. The van der Waals surface area contributed by atoms with E-state index in [4.69, 9.17) is 9.84 Å². The van der Waals surface area contributed by atoms with Crippen molar-refractivity contribution in [2.75, 3.05) is 19.8 Å². The van der Waals surface area contributed by atoms with Gasteiger partial charge in [-0.2, -0.15) is 0 Å². The van der Waals surface area contributed by atoms with Gasteiger partial charge in [0.1, 0.15) is 5.82 Å². The van der Waals surface area contributed by atoms with Crippen LogP contribution in [0.5, 0.6) is 0 Å². The molecule has 1 heterocycles. The molecule has 0 aromatic heterocycles. The minimum Gasteiger partial charge on any atom is -0.481 e. The third-order valence-electron chi connectivity index (χ3n) is 3.87. The molecule has 0 radical (unpaired) electrons. The molecule has 1 saturated heterocycles. The summed E-state index contributed by atoms with van der Waals surface area (Å²) in [5, 5.41) is 8.96. The average molecular weight is 388 g/mol. The number of halogens is 2. The lowest BCUT2D eigenvalue weighted by Crippen LogP contribution is -2.51. The van der Waals surface area contributed by atoms with E-state index in [0.29, 0.717) is 24.0 Å². The van der Waals surface area contributed by atoms with Gasteiger partial charge in [-0.1, -0.05) is 13.0 Å². The Labute approximate surface area is 142 Å². The Morgan fingerprint density at radius 1 is 1.52 bits per heavy atom. The molecule has 0 spiro atoms. The van der Waals surface area contributed by atoms with Gasteiger partial charge < -0.3 is 14.7 Å². The number of morpholine rings is 1. The highest BCUT2D eigenvalue weighted by molar-refractivity contribution is 9.10. The first kappa shape index (κ1) is 17.9. The monoisotopic (exact) mass is 387 g/mol. The fourth-order valence-electron chi connectivity index (χ4n) is 2.71. The van der Waals surface area contributed by atoms with Gasteiger partial charge in [-0.15, -0.1) is 0 Å². The molecule has 1 aliphatic rings. The van der Waals surface area contributed by atoms with E-state index in [1.807, 2.05) is 0 Å². The van der Waals surface area contributed by atoms with Crippen LogP contribution >= 0.6 is 15.9 Å². The number of nitrogens with zero attached hydrogens (tertiary/aromatic N) is 1. The fraction of sp³-hybridized carbons (Fsp3) is 0.500. The standard InChI is InChI=1S/C16H19BrFNO4/c1-10(6-11-2-3-14(18)13(17)7-11)16(22)19-4-5-23-9-12(19)8-15(20)21/h2-3,7,10,12H,4-6,8-9H2,1H3,(H,20,21). The Balaban J connectivity index is 2.04. The number of rotatable bonds is 5. The molecule has 2 atom stereocenters. The van der Waals surface area contributed by atoms with Crippen molar-refractivity contribution < 1.29 is 23.8 Å². The number of hydrogen-bond donors (Lipinski definition) is 1. The lowest BCUT2D eigenvalue weighted by molar-refractivity contribution is -0.148. The number of hydrogen-bond acceptors (Lipinski definition) is 3. The van der Waals surface area contributed by atoms with Gasteiger partial charge in [-0.25, -0.2) is 4.39 Å². The van der Waals surface area contributed by atoms with Crippen LogP contribution in [0.15, 0.2) is 22.7 Å². The van der Waals surface area contributed by atoms with Crippen LogP contribution in [0, 0.1) is 11.7 Å². The molecule has 0 bridgehead atoms. The van der Waals surface area contributed by atoms with Crippen molar-refractivity contribution in [1.82, 2.24) is 4.90 Å². The van der Waals surface area contributed by atoms with Crippen LogP contribution in [-0.4, -0.2) is 47.7 Å². The quantitative estimate of drug-likeness (QED) is 0.842. The number of benzene rings is 1. The number of carbonyl (C=O) groups is 2. The third-order valence-corrected chi connectivity index (χ3v) is 4.48. The van der Waals surface area contributed by atoms with Gasteiger partial charge in [0.25, 0.3) is 0 Å². The zero-order valence-corrected chi connectivity index (χ0v) is 14.4. The van der Waals surface area contributed by atoms with E-state index in [9.17, 15) is 14.0 Å². The number of ether oxygens (including phenoxy) is 1. The second-order valence-corrected chi connectivity index (χ2v) is 6.57. The van der Waals surface area contributed by atoms with E-state index in [1.165, 1.54) is 6.07 Å². The smallest absolute Gasteiger partial charge is 0.305 e. The van der Waals surface area contributed by atoms with E-state index in [2.05, 4.69) is 15.9 Å². The highest BCUT2D eigenvalue weighted by Gasteiger charge is 2.31. The Morgan fingerprint density at radius 2 is 2.26 bits per heavy atom. The Bertz CT molecular complexity index is 595. The largest absolute Gasteiger partial charge is 0.481 e. The molecular formula is C16H19BrFNO4. The molecule has 2 rings (SSSR count). The first-order valence-electron chi connectivity index (χ1n) is 7.42. The maximum Gasteiger partial charge on any atom is 0.305 e. The van der Waals surface area contributed by atoms with Crippen LogP contribution in [-0.2, 0) is 20.7 Å². The van der Waals surface area contributed by atoms with Gasteiger partial charge >= 0.3 is 5.97 Å². The van der Waals surface area contributed by atoms with Gasteiger partial charge in [0.05, 0.1) is 30.1 Å². The molecule has 1 fully saturated rings. The Hall–Kier alpha value is -1.47. The Kier molecular flexibility index (Phi) is 6.12. The minimum atomic E-state index is -0.951. The molecule has 5 nitrogen and oxygen atoms in total. The first-order valence-corrected chi connectivity index (χ1v) is 8.21. The molecule has 1 aromatic carbocycles. The molecule has 1 amide bonds. The predicted octanol–water partition coefficient (Wildman–Crippen LogP) is 2.47. The fourth-order valence-corrected chi connectivity index (χ4v) is 3.13. The molecule has 1 aliphatic heterocycles. The van der Waals surface area contributed by atoms with Crippen molar-refractivity contribution in [2.24, 2.45) is 5.92 Å². The average Bonchev–Trinajstić information content (AvgIpc) is 2.50. The second kappa shape index (κ2) is 7.88. The van der Waals surface area contributed by atoms with E-state index in [-0.39, 0.29) is 30.7 Å². The van der Waals surface area contributed by atoms with E-state index in [0.717, 1.165) is 5.56 Å². The topological polar surface area (TPSA) is 66.8 Å². The highest BCUT2D eigenvalue weighted by Crippen LogP contribution is 2.21. The first-order chi connectivity index (χ1) is 10.9. The number of carboxylic acids is 1. The third kappa shape index (κ3) is 4.75. The second-order valence-electron chi connectivity index (χ2n) is 5.71. The molecule has 23 heavy (non-hydrogen) atoms. The number of carbonyl (C=O) groups excluding carboxylic acids is 1. The van der Waals surface area contributed by atoms with Gasteiger partial charge in [0, 0.05) is 12.5 Å². The number of carboxylic acid groups (broad SMARTS) is 1. The predicted molar refractivity (Wildman–Crippen MR) is 85.5 cm³/mol. The van der Waals surface area contributed by atoms with Crippen molar-refractivity contribution in [2.45, 2.75) is 25.8 Å². The van der Waals surface area contributed by atoms with Crippen LogP contribution in [0.1, 0.15) is 18.9 Å². The lowest BCUT2D eigenvalue weighted by atomic mass is 9.98. The van der Waals surface area contributed by atoms with E-state index < -0.39 is 12.0 Å². The molecule has 0 aliphatic carbocycles. The summed E-state index contributed by atoms with van der Waals surface area (Å²) < 4.78 is 18.9. The highest BCUT2D eigenvalue weighted by atomic mass is 79.9. The zero-order valence-electron chi connectivity index (χ0n) is 12.8. The molecule has 1 N–H and O–H groups in total. The number of aliphatic carboxylic acids is 1. The maximum absolute atomic E-state index is 13.3. The van der Waals surface area contributed by atoms with Gasteiger partial charge in [-0.3, -0.25) is 9.59 Å². The maximum atomic E-state index is 13.3. The summed E-state index contributed by atoms with van der Waals surface area (Å²) in [6, 6.07) is 4.24. The lowest BCUT2D eigenvalue weighted by Gasteiger charge is -2.36. The Morgan fingerprint density at radius 3 is 2.91 bits per heavy atom. The van der Waals surface area contributed by atoms with Crippen LogP contribution in [0.3, 0.4) is 0 Å². The normalized spacial score (nSPS) is 19.4. The zero-order chi connectivity index (χ0) is 17.0. The summed E-state index contributed by atoms with van der Waals surface area (Å²) in [5.41, 5.74) is 0.849. The molecule has 7 heteroatoms. The van der Waals surface area contributed by atoms with Crippen molar-refractivity contribution in [1.29, 1.82) is 0 Å². The van der Waals surface area contributed by atoms with Crippen LogP contribution in [0.25, 0.3) is 0 Å². The van der Waals surface area contributed by atoms with Gasteiger partial charge in [-0.05, 0) is 40.0 Å².